The van der Waals surface area contributed by atoms with Crippen LogP contribution in [0.4, 0.5) is 11.9 Å². The molecule has 2 heterocycles. The first-order chi connectivity index (χ1) is 9.99. The van der Waals surface area contributed by atoms with E-state index in [1.165, 1.54) is 11.8 Å². The number of nitrogens with two attached hydrogens (primary N) is 1. The Bertz CT molecular complexity index is 504. The number of amides is 1. The minimum atomic E-state index is -0.412. The first kappa shape index (κ1) is 15.8. The molecule has 0 saturated carbocycles. The van der Waals surface area contributed by atoms with Crippen LogP contribution in [0.5, 0.6) is 0 Å². The van der Waals surface area contributed by atoms with Crippen molar-refractivity contribution in [3.63, 3.8) is 0 Å². The molecule has 0 aliphatic carbocycles. The first-order valence-electron chi connectivity index (χ1n) is 6.72. The van der Waals surface area contributed by atoms with E-state index in [1.807, 2.05) is 6.26 Å². The van der Waals surface area contributed by atoms with E-state index >= 15 is 0 Å². The van der Waals surface area contributed by atoms with Gasteiger partial charge in [-0.1, -0.05) is 11.8 Å². The van der Waals surface area contributed by atoms with E-state index in [0.29, 0.717) is 17.1 Å². The lowest BCUT2D eigenvalue weighted by Crippen LogP contribution is -2.45. The van der Waals surface area contributed by atoms with E-state index in [0.717, 1.165) is 26.2 Å². The summed E-state index contributed by atoms with van der Waals surface area (Å²) in [5.74, 6) is 0.723. The Kier molecular flexibility index (Phi) is 5.18. The molecule has 116 valence electrons. The zero-order chi connectivity index (χ0) is 15.4. The predicted molar refractivity (Wildman–Crippen MR) is 83.8 cm³/mol. The summed E-state index contributed by atoms with van der Waals surface area (Å²) in [4.78, 5) is 30.4. The monoisotopic (exact) mass is 311 g/mol. The summed E-state index contributed by atoms with van der Waals surface area (Å²) in [7, 11) is 3.85. The molecule has 0 atom stereocenters. The Morgan fingerprint density at radius 3 is 2.52 bits per heavy atom. The maximum Gasteiger partial charge on any atom is 0.237 e. The van der Waals surface area contributed by atoms with Crippen LogP contribution >= 0.6 is 11.8 Å². The summed E-state index contributed by atoms with van der Waals surface area (Å²) in [6.45, 7) is 3.81. The fraction of sp³-hybridized carbons (Fsp3) is 0.667. The molecule has 0 unspecified atom stereocenters. The number of carbonyl (C=O) groups excluding carboxylic acids is 1. The lowest BCUT2D eigenvalue weighted by molar-refractivity contribution is -0.116. The molecule has 1 fully saturated rings. The van der Waals surface area contributed by atoms with Gasteiger partial charge in [-0.15, -0.1) is 0 Å². The van der Waals surface area contributed by atoms with Crippen LogP contribution in [0.2, 0.25) is 0 Å². The van der Waals surface area contributed by atoms with E-state index in [2.05, 4.69) is 31.8 Å². The number of likely N-dealkylation sites (N-methyl/N-ethyl adjacent to an activating group) is 2. The second kappa shape index (κ2) is 6.90. The molecule has 0 aromatic carbocycles. The second-order valence-corrected chi connectivity index (χ2v) is 5.81. The summed E-state index contributed by atoms with van der Waals surface area (Å²) in [6.07, 6.45) is 1.92. The summed E-state index contributed by atoms with van der Waals surface area (Å²) in [6, 6.07) is 0. The molecule has 0 spiro atoms. The number of anilines is 2. The number of hydrogen-bond acceptors (Lipinski definition) is 8. The van der Waals surface area contributed by atoms with Crippen LogP contribution in [-0.4, -0.2) is 78.8 Å². The molecule has 2 N–H and O–H groups in total. The molecule has 8 nitrogen and oxygen atoms in total. The van der Waals surface area contributed by atoms with Crippen molar-refractivity contribution in [1.82, 2.24) is 19.9 Å². The molecule has 9 heteroatoms. The van der Waals surface area contributed by atoms with Crippen LogP contribution in [0, 0.1) is 0 Å². The van der Waals surface area contributed by atoms with Gasteiger partial charge in [-0.05, 0) is 13.3 Å². The van der Waals surface area contributed by atoms with Gasteiger partial charge in [-0.3, -0.25) is 4.79 Å². The number of carbonyl (C=O) groups is 1. The topological polar surface area (TPSA) is 91.5 Å². The molecule has 0 radical (unpaired) electrons. The molecule has 1 aliphatic rings. The Labute approximate surface area is 128 Å². The van der Waals surface area contributed by atoms with Crippen LogP contribution < -0.4 is 15.5 Å². The first-order valence-corrected chi connectivity index (χ1v) is 7.95. The number of primary amides is 1. The van der Waals surface area contributed by atoms with Gasteiger partial charge in [0.15, 0.2) is 5.16 Å². The van der Waals surface area contributed by atoms with Gasteiger partial charge >= 0.3 is 0 Å². The van der Waals surface area contributed by atoms with Crippen LogP contribution in [0.1, 0.15) is 0 Å². The SMILES string of the molecule is CSc1nc(N(C)CC(N)=O)nc(N2CCN(C)CC2)n1. The number of thioether (sulfide) groups is 1. The normalized spacial score (nSPS) is 16.0. The Morgan fingerprint density at radius 2 is 1.95 bits per heavy atom. The fourth-order valence-electron chi connectivity index (χ4n) is 2.05. The summed E-state index contributed by atoms with van der Waals surface area (Å²) >= 11 is 1.46. The van der Waals surface area contributed by atoms with Gasteiger partial charge in [0.05, 0.1) is 6.54 Å². The zero-order valence-corrected chi connectivity index (χ0v) is 13.4. The van der Waals surface area contributed by atoms with Gasteiger partial charge in [0, 0.05) is 33.2 Å². The molecular formula is C12H21N7OS. The summed E-state index contributed by atoms with van der Waals surface area (Å²) in [5, 5.41) is 0.644. The van der Waals surface area contributed by atoms with Crippen molar-refractivity contribution in [2.24, 2.45) is 5.73 Å². The van der Waals surface area contributed by atoms with Crippen molar-refractivity contribution in [3.05, 3.63) is 0 Å². The van der Waals surface area contributed by atoms with E-state index in [9.17, 15) is 4.79 Å². The van der Waals surface area contributed by atoms with Crippen LogP contribution in [0.3, 0.4) is 0 Å². The molecule has 1 amide bonds. The number of hydrogen-bond donors (Lipinski definition) is 1. The van der Waals surface area contributed by atoms with Gasteiger partial charge in [0.1, 0.15) is 0 Å². The molecule has 1 aromatic heterocycles. The Balaban J connectivity index is 2.22. The quantitative estimate of drug-likeness (QED) is 0.712. The summed E-state index contributed by atoms with van der Waals surface area (Å²) in [5.41, 5.74) is 5.22. The molecule has 1 aromatic rings. The highest BCUT2D eigenvalue weighted by molar-refractivity contribution is 7.98. The van der Waals surface area contributed by atoms with Crippen molar-refractivity contribution in [2.45, 2.75) is 5.16 Å². The lowest BCUT2D eigenvalue weighted by Gasteiger charge is -2.32. The molecule has 21 heavy (non-hydrogen) atoms. The van der Waals surface area contributed by atoms with Crippen molar-refractivity contribution >= 4 is 29.6 Å². The minimum Gasteiger partial charge on any atom is -0.368 e. The Morgan fingerprint density at radius 1 is 1.29 bits per heavy atom. The number of rotatable bonds is 5. The second-order valence-electron chi connectivity index (χ2n) is 5.03. The van der Waals surface area contributed by atoms with Gasteiger partial charge in [-0.2, -0.15) is 15.0 Å². The largest absolute Gasteiger partial charge is 0.368 e. The summed E-state index contributed by atoms with van der Waals surface area (Å²) < 4.78 is 0. The standard InChI is InChI=1S/C12H21N7OS/c1-17-4-6-19(7-5-17)11-14-10(15-12(16-11)21-3)18(2)8-9(13)20/h4-8H2,1-3H3,(H2,13,20). The van der Waals surface area contributed by atoms with Gasteiger partial charge in [-0.25, -0.2) is 0 Å². The molecule has 0 bridgehead atoms. The van der Waals surface area contributed by atoms with E-state index in [-0.39, 0.29) is 6.54 Å². The lowest BCUT2D eigenvalue weighted by atomic mass is 10.3. The smallest absolute Gasteiger partial charge is 0.237 e. The highest BCUT2D eigenvalue weighted by Gasteiger charge is 2.19. The highest BCUT2D eigenvalue weighted by Crippen LogP contribution is 2.19. The molecule has 2 rings (SSSR count). The predicted octanol–water partition coefficient (Wildman–Crippen LogP) is -0.733. The molecule has 1 aliphatic heterocycles. The highest BCUT2D eigenvalue weighted by atomic mass is 32.2. The van der Waals surface area contributed by atoms with Crippen LogP contribution in [-0.2, 0) is 4.79 Å². The van der Waals surface area contributed by atoms with Gasteiger partial charge < -0.3 is 20.4 Å². The fourth-order valence-corrected chi connectivity index (χ4v) is 2.40. The Hall–Kier alpha value is -1.61. The molecule has 1 saturated heterocycles. The van der Waals surface area contributed by atoms with Gasteiger partial charge in [0.2, 0.25) is 17.8 Å². The average molecular weight is 311 g/mol. The third-order valence-corrected chi connectivity index (χ3v) is 3.84. The van der Waals surface area contributed by atoms with E-state index in [1.54, 1.807) is 11.9 Å². The van der Waals surface area contributed by atoms with Crippen molar-refractivity contribution < 1.29 is 4.79 Å². The van der Waals surface area contributed by atoms with E-state index < -0.39 is 5.91 Å². The minimum absolute atomic E-state index is 0.0833. The third-order valence-electron chi connectivity index (χ3n) is 3.29. The third kappa shape index (κ3) is 4.18. The van der Waals surface area contributed by atoms with Crippen molar-refractivity contribution in [2.75, 3.05) is 62.9 Å². The maximum atomic E-state index is 11.0. The zero-order valence-electron chi connectivity index (χ0n) is 12.6. The average Bonchev–Trinajstić information content (AvgIpc) is 2.46. The van der Waals surface area contributed by atoms with E-state index in [4.69, 9.17) is 5.73 Å². The maximum absolute atomic E-state index is 11.0. The number of nitrogens with zero attached hydrogens (tertiary/aromatic N) is 6. The molecular weight excluding hydrogens is 290 g/mol. The van der Waals surface area contributed by atoms with Gasteiger partial charge in [0.25, 0.3) is 0 Å². The number of piperazine rings is 1. The van der Waals surface area contributed by atoms with Crippen molar-refractivity contribution in [1.29, 1.82) is 0 Å². The van der Waals surface area contributed by atoms with Crippen molar-refractivity contribution in [3.8, 4) is 0 Å². The number of aromatic nitrogens is 3. The van der Waals surface area contributed by atoms with Crippen LogP contribution in [0.25, 0.3) is 0 Å². The van der Waals surface area contributed by atoms with Crippen LogP contribution in [0.15, 0.2) is 5.16 Å².